The number of nitrogens with one attached hydrogen (secondary N) is 1. The molecule has 0 aliphatic heterocycles. The van der Waals surface area contributed by atoms with E-state index >= 15 is 0 Å². The molecule has 0 aliphatic carbocycles. The van der Waals surface area contributed by atoms with Crippen molar-refractivity contribution in [3.63, 3.8) is 0 Å². The van der Waals surface area contributed by atoms with Crippen LogP contribution in [0, 0.1) is 5.41 Å². The van der Waals surface area contributed by atoms with Crippen LogP contribution >= 0.6 is 15.9 Å². The molecule has 1 atom stereocenters. The van der Waals surface area contributed by atoms with Gasteiger partial charge in [-0.05, 0) is 27.8 Å². The molecule has 0 saturated carbocycles. The first-order valence-electron chi connectivity index (χ1n) is 5.97. The fraction of sp³-hybridized carbons (Fsp3) is 0.750. The molecule has 1 unspecified atom stereocenters. The Labute approximate surface area is 112 Å². The molecule has 0 radical (unpaired) electrons. The molecule has 1 aromatic rings. The highest BCUT2D eigenvalue weighted by molar-refractivity contribution is 9.10. The monoisotopic (exact) mass is 302 g/mol. The van der Waals surface area contributed by atoms with Gasteiger partial charge in [-0.25, -0.2) is 0 Å². The van der Waals surface area contributed by atoms with Crippen LogP contribution in [0.4, 0.5) is 0 Å². The molecule has 0 spiro atoms. The third kappa shape index (κ3) is 3.30. The molecule has 0 aliphatic rings. The predicted octanol–water partition coefficient (Wildman–Crippen LogP) is 2.17. The predicted molar refractivity (Wildman–Crippen MR) is 74.6 cm³/mol. The largest absolute Gasteiger partial charge is 0.271 e. The summed E-state index contributed by atoms with van der Waals surface area (Å²) < 4.78 is 3.06. The number of nitrogens with two attached hydrogens (primary N) is 1. The molecule has 0 saturated heterocycles. The smallest absolute Gasteiger partial charge is 0.0766 e. The van der Waals surface area contributed by atoms with Crippen molar-refractivity contribution in [2.75, 3.05) is 0 Å². The normalized spacial score (nSPS) is 14.1. The van der Waals surface area contributed by atoms with Crippen LogP contribution in [0.25, 0.3) is 0 Å². The van der Waals surface area contributed by atoms with Crippen LogP contribution < -0.4 is 11.3 Å². The van der Waals surface area contributed by atoms with E-state index in [9.17, 15) is 0 Å². The van der Waals surface area contributed by atoms with E-state index in [0.29, 0.717) is 0 Å². The number of nitrogens with zero attached hydrogens (tertiary/aromatic N) is 2. The van der Waals surface area contributed by atoms with Crippen LogP contribution in [-0.2, 0) is 19.9 Å². The zero-order valence-electron chi connectivity index (χ0n) is 11.3. The lowest BCUT2D eigenvalue weighted by Gasteiger charge is -2.30. The Kier molecular flexibility index (Phi) is 4.75. The minimum atomic E-state index is 0.116. The average Bonchev–Trinajstić information content (AvgIpc) is 2.49. The van der Waals surface area contributed by atoms with E-state index in [1.54, 1.807) is 0 Å². The summed E-state index contributed by atoms with van der Waals surface area (Å²) in [6.45, 7) is 8.66. The van der Waals surface area contributed by atoms with Gasteiger partial charge in [-0.2, -0.15) is 5.10 Å². The number of hydrazine groups is 1. The third-order valence-corrected chi connectivity index (χ3v) is 4.06. The van der Waals surface area contributed by atoms with E-state index in [4.69, 9.17) is 5.84 Å². The summed E-state index contributed by atoms with van der Waals surface area (Å²) in [6.07, 6.45) is 1.80. The van der Waals surface area contributed by atoms with Crippen LogP contribution in [0.1, 0.15) is 39.1 Å². The zero-order valence-corrected chi connectivity index (χ0v) is 12.9. The summed E-state index contributed by atoms with van der Waals surface area (Å²) in [5.41, 5.74) is 5.32. The van der Waals surface area contributed by atoms with Crippen molar-refractivity contribution >= 4 is 15.9 Å². The lowest BCUT2D eigenvalue weighted by atomic mass is 9.84. The molecular formula is C12H23BrN4. The van der Waals surface area contributed by atoms with Crippen LogP contribution in [0.2, 0.25) is 0 Å². The lowest BCUT2D eigenvalue weighted by molar-refractivity contribution is 0.265. The van der Waals surface area contributed by atoms with E-state index < -0.39 is 0 Å². The summed E-state index contributed by atoms with van der Waals surface area (Å²) in [6, 6.07) is 0.221. The summed E-state index contributed by atoms with van der Waals surface area (Å²) in [7, 11) is 1.98. The maximum absolute atomic E-state index is 5.65. The molecule has 4 nitrogen and oxygen atoms in total. The van der Waals surface area contributed by atoms with Gasteiger partial charge in [0.25, 0.3) is 0 Å². The maximum Gasteiger partial charge on any atom is 0.0766 e. The highest BCUT2D eigenvalue weighted by Crippen LogP contribution is 2.27. The highest BCUT2D eigenvalue weighted by atomic mass is 79.9. The van der Waals surface area contributed by atoms with Crippen LogP contribution in [0.5, 0.6) is 0 Å². The first-order chi connectivity index (χ1) is 7.81. The van der Waals surface area contributed by atoms with Gasteiger partial charge in [0.1, 0.15) is 0 Å². The second kappa shape index (κ2) is 5.50. The van der Waals surface area contributed by atoms with Gasteiger partial charge in [0.15, 0.2) is 0 Å². The molecule has 0 bridgehead atoms. The number of hydrogen-bond acceptors (Lipinski definition) is 3. The quantitative estimate of drug-likeness (QED) is 0.662. The number of rotatable bonds is 4. The Hall–Kier alpha value is -0.390. The lowest BCUT2D eigenvalue weighted by Crippen LogP contribution is -2.46. The molecule has 1 aromatic heterocycles. The molecular weight excluding hydrogens is 280 g/mol. The second-order valence-corrected chi connectivity index (χ2v) is 6.27. The molecule has 98 valence electrons. The van der Waals surface area contributed by atoms with Crippen molar-refractivity contribution in [3.05, 3.63) is 15.9 Å². The van der Waals surface area contributed by atoms with Gasteiger partial charge in [-0.15, -0.1) is 0 Å². The van der Waals surface area contributed by atoms with Crippen molar-refractivity contribution in [3.8, 4) is 0 Å². The SMILES string of the molecule is CCc1nn(C)c(CC(NN)C(C)(C)C)c1Br. The fourth-order valence-electron chi connectivity index (χ4n) is 1.85. The molecule has 5 heteroatoms. The van der Waals surface area contributed by atoms with E-state index in [-0.39, 0.29) is 11.5 Å². The summed E-state index contributed by atoms with van der Waals surface area (Å²) in [5, 5.41) is 4.50. The Morgan fingerprint density at radius 1 is 1.47 bits per heavy atom. The standard InChI is InChI=1S/C12H23BrN4/c1-6-8-11(13)9(17(5)16-8)7-10(15-14)12(2,3)4/h10,15H,6-7,14H2,1-5H3. The van der Waals surface area contributed by atoms with Crippen molar-refractivity contribution in [2.45, 2.75) is 46.6 Å². The topological polar surface area (TPSA) is 55.9 Å². The van der Waals surface area contributed by atoms with E-state index in [1.807, 2.05) is 11.7 Å². The van der Waals surface area contributed by atoms with E-state index in [1.165, 1.54) is 5.69 Å². The Bertz CT molecular complexity index is 379. The van der Waals surface area contributed by atoms with Crippen molar-refractivity contribution in [1.29, 1.82) is 0 Å². The van der Waals surface area contributed by atoms with Crippen molar-refractivity contribution in [1.82, 2.24) is 15.2 Å². The Morgan fingerprint density at radius 2 is 2.06 bits per heavy atom. The number of aryl methyl sites for hydroxylation is 2. The van der Waals surface area contributed by atoms with Gasteiger partial charge in [0.2, 0.25) is 0 Å². The summed E-state index contributed by atoms with van der Waals surface area (Å²) in [5.74, 6) is 5.65. The molecule has 1 rings (SSSR count). The summed E-state index contributed by atoms with van der Waals surface area (Å²) in [4.78, 5) is 0. The second-order valence-electron chi connectivity index (χ2n) is 5.47. The van der Waals surface area contributed by atoms with Crippen molar-refractivity contribution in [2.24, 2.45) is 18.3 Å². The van der Waals surface area contributed by atoms with Gasteiger partial charge in [-0.1, -0.05) is 27.7 Å². The Morgan fingerprint density at radius 3 is 2.41 bits per heavy atom. The van der Waals surface area contributed by atoms with Gasteiger partial charge < -0.3 is 0 Å². The van der Waals surface area contributed by atoms with Crippen LogP contribution in [0.15, 0.2) is 4.47 Å². The number of aromatic nitrogens is 2. The number of halogens is 1. The minimum absolute atomic E-state index is 0.116. The van der Waals surface area contributed by atoms with Crippen molar-refractivity contribution < 1.29 is 0 Å². The van der Waals surface area contributed by atoms with Crippen LogP contribution in [0.3, 0.4) is 0 Å². The maximum atomic E-state index is 5.65. The highest BCUT2D eigenvalue weighted by Gasteiger charge is 2.26. The molecule has 0 amide bonds. The zero-order chi connectivity index (χ0) is 13.2. The first kappa shape index (κ1) is 14.7. The molecule has 3 N–H and O–H groups in total. The van der Waals surface area contributed by atoms with Crippen LogP contribution in [-0.4, -0.2) is 15.8 Å². The van der Waals surface area contributed by atoms with Gasteiger partial charge >= 0.3 is 0 Å². The first-order valence-corrected chi connectivity index (χ1v) is 6.76. The minimum Gasteiger partial charge on any atom is -0.271 e. The summed E-state index contributed by atoms with van der Waals surface area (Å²) >= 11 is 3.63. The van der Waals surface area contributed by atoms with Gasteiger partial charge in [0, 0.05) is 19.5 Å². The van der Waals surface area contributed by atoms with Gasteiger partial charge in [-0.3, -0.25) is 16.0 Å². The number of hydrogen-bond donors (Lipinski definition) is 2. The van der Waals surface area contributed by atoms with Gasteiger partial charge in [0.05, 0.1) is 15.9 Å². The molecule has 1 heterocycles. The third-order valence-electron chi connectivity index (χ3n) is 3.15. The molecule has 0 fully saturated rings. The van der Waals surface area contributed by atoms with E-state index in [0.717, 1.165) is 23.0 Å². The fourth-order valence-corrected chi connectivity index (χ4v) is 2.63. The average molecular weight is 303 g/mol. The Balaban J connectivity index is 2.98. The molecule has 0 aromatic carbocycles. The van der Waals surface area contributed by atoms with E-state index in [2.05, 4.69) is 54.1 Å². The molecule has 17 heavy (non-hydrogen) atoms.